The minimum Gasteiger partial charge on any atom is -0.367 e. The maximum absolute atomic E-state index is 13.4. The summed E-state index contributed by atoms with van der Waals surface area (Å²) in [5.74, 6) is 0.988. The molecule has 7 rings (SSSR count). The summed E-state index contributed by atoms with van der Waals surface area (Å²) in [6, 6.07) is 7.33. The van der Waals surface area contributed by atoms with Crippen LogP contribution >= 0.6 is 0 Å². The van der Waals surface area contributed by atoms with E-state index in [9.17, 15) is 4.79 Å². The molecular weight excluding hydrogens is 398 g/mol. The third-order valence-electron chi connectivity index (χ3n) is 7.56. The molecule has 2 aliphatic carbocycles. The number of carbonyl (C=O) groups is 1. The summed E-state index contributed by atoms with van der Waals surface area (Å²) in [4.78, 5) is 25.2. The summed E-state index contributed by atoms with van der Waals surface area (Å²) >= 11 is 0. The summed E-state index contributed by atoms with van der Waals surface area (Å²) in [6.07, 6.45) is 9.31. The molecule has 32 heavy (non-hydrogen) atoms. The number of nitrogens with one attached hydrogen (secondary N) is 1. The Kier molecular flexibility index (Phi) is 3.66. The maximum Gasteiger partial charge on any atom is 0.191 e. The van der Waals surface area contributed by atoms with Crippen molar-refractivity contribution >= 4 is 28.8 Å². The Labute approximate surface area is 188 Å². The number of allylic oxidation sites excluding steroid dienone is 3. The highest BCUT2D eigenvalue weighted by Gasteiger charge is 2.40. The van der Waals surface area contributed by atoms with Crippen molar-refractivity contribution in [2.45, 2.75) is 32.2 Å². The molecule has 0 spiro atoms. The molecule has 1 aromatic carbocycles. The number of hydrogen-bond acceptors (Lipinski definition) is 5. The molecule has 162 valence electrons. The Balaban J connectivity index is 0.00000206. The van der Waals surface area contributed by atoms with Crippen LogP contribution in [0.15, 0.2) is 42.2 Å². The van der Waals surface area contributed by atoms with E-state index < -0.39 is 0 Å². The number of imidazole rings is 1. The minimum atomic E-state index is 0. The summed E-state index contributed by atoms with van der Waals surface area (Å²) < 4.78 is 1.98. The second-order valence-corrected chi connectivity index (χ2v) is 9.59. The zero-order chi connectivity index (χ0) is 21.6. The first-order valence-electron chi connectivity index (χ1n) is 11.5. The molecule has 1 N–H and O–H groups in total. The number of hydrogen-bond donors (Lipinski definition) is 1. The van der Waals surface area contributed by atoms with Gasteiger partial charge < -0.3 is 14.6 Å². The van der Waals surface area contributed by atoms with E-state index in [4.69, 9.17) is 4.98 Å². The van der Waals surface area contributed by atoms with Crippen LogP contribution in [-0.4, -0.2) is 45.8 Å². The molecule has 1 unspecified atom stereocenters. The Morgan fingerprint density at radius 1 is 1.16 bits per heavy atom. The van der Waals surface area contributed by atoms with Gasteiger partial charge in [-0.2, -0.15) is 0 Å². The molecule has 0 bridgehead atoms. The number of carbonyl (C=O) groups excluding carboxylic acids is 1. The lowest BCUT2D eigenvalue weighted by molar-refractivity contribution is -0.110. The van der Waals surface area contributed by atoms with Crippen molar-refractivity contribution in [2.24, 2.45) is 5.92 Å². The molecule has 2 aromatic heterocycles. The maximum atomic E-state index is 13.4. The zero-order valence-corrected chi connectivity index (χ0v) is 18.3. The Morgan fingerprint density at radius 2 is 2.06 bits per heavy atom. The van der Waals surface area contributed by atoms with Crippen molar-refractivity contribution in [1.82, 2.24) is 19.7 Å². The fraction of sp³-hybridized carbons (Fsp3) is 0.346. The predicted octanol–water partition coefficient (Wildman–Crippen LogP) is 3.54. The first-order valence-corrected chi connectivity index (χ1v) is 11.5. The molecule has 6 heteroatoms. The van der Waals surface area contributed by atoms with E-state index in [0.717, 1.165) is 53.7 Å². The van der Waals surface area contributed by atoms with Crippen molar-refractivity contribution in [2.75, 3.05) is 24.5 Å². The fourth-order valence-electron chi connectivity index (χ4n) is 5.92. The molecule has 0 amide bonds. The number of aromatic nitrogens is 3. The van der Waals surface area contributed by atoms with Crippen LogP contribution in [0.5, 0.6) is 0 Å². The number of aryl methyl sites for hydroxylation is 2. The first kappa shape index (κ1) is 18.3. The van der Waals surface area contributed by atoms with Gasteiger partial charge in [0.25, 0.3) is 0 Å². The van der Waals surface area contributed by atoms with E-state index in [-0.39, 0.29) is 13.1 Å². The number of benzene rings is 1. The van der Waals surface area contributed by atoms with Crippen LogP contribution in [0.3, 0.4) is 0 Å². The molecule has 2 saturated heterocycles. The average Bonchev–Trinajstić information content (AvgIpc) is 3.07. The molecule has 4 aliphatic rings. The van der Waals surface area contributed by atoms with Gasteiger partial charge in [-0.1, -0.05) is 12.1 Å². The monoisotopic (exact) mass is 425 g/mol. The highest BCUT2D eigenvalue weighted by molar-refractivity contribution is 6.35. The topological polar surface area (TPSA) is 62.5 Å². The SMILES string of the molecule is Cc1cn2cc(C3=Cc4ccc(N5CC[C@H]6CNC[C@H]65)cc4C4C=C4C3=O)nc2c(C)n1.[HH]. The summed E-state index contributed by atoms with van der Waals surface area (Å²) in [5, 5.41) is 3.54. The van der Waals surface area contributed by atoms with Crippen molar-refractivity contribution in [3.63, 3.8) is 0 Å². The van der Waals surface area contributed by atoms with Crippen LogP contribution in [0, 0.1) is 19.8 Å². The van der Waals surface area contributed by atoms with Gasteiger partial charge in [0, 0.05) is 56.7 Å². The van der Waals surface area contributed by atoms with Gasteiger partial charge in [-0.3, -0.25) is 9.78 Å². The molecule has 0 radical (unpaired) electrons. The lowest BCUT2D eigenvalue weighted by atomic mass is 9.99. The number of ketones is 1. The third-order valence-corrected chi connectivity index (χ3v) is 7.56. The van der Waals surface area contributed by atoms with Gasteiger partial charge in [0.1, 0.15) is 0 Å². The third kappa shape index (κ3) is 2.59. The van der Waals surface area contributed by atoms with Gasteiger partial charge in [-0.25, -0.2) is 4.98 Å². The Morgan fingerprint density at radius 3 is 2.97 bits per heavy atom. The number of rotatable bonds is 2. The smallest absolute Gasteiger partial charge is 0.191 e. The van der Waals surface area contributed by atoms with E-state index in [1.807, 2.05) is 36.7 Å². The van der Waals surface area contributed by atoms with Crippen molar-refractivity contribution < 1.29 is 6.22 Å². The van der Waals surface area contributed by atoms with E-state index in [0.29, 0.717) is 17.3 Å². The summed E-state index contributed by atoms with van der Waals surface area (Å²) in [5.41, 5.74) is 8.55. The number of Topliss-reactive ketones (excluding diaryl/α,β-unsaturated/α-hetero) is 1. The fourth-order valence-corrected chi connectivity index (χ4v) is 5.92. The van der Waals surface area contributed by atoms with Gasteiger partial charge in [0.05, 0.1) is 22.7 Å². The lowest BCUT2D eigenvalue weighted by Gasteiger charge is -2.26. The number of anilines is 1. The quantitative estimate of drug-likeness (QED) is 0.681. The van der Waals surface area contributed by atoms with Crippen LogP contribution in [0.25, 0.3) is 17.3 Å². The average molecular weight is 426 g/mol. The molecular formula is C26H27N5O. The van der Waals surface area contributed by atoms with E-state index in [1.54, 1.807) is 0 Å². The van der Waals surface area contributed by atoms with Gasteiger partial charge in [0.15, 0.2) is 11.4 Å². The molecule has 0 saturated carbocycles. The zero-order valence-electron chi connectivity index (χ0n) is 18.3. The molecule has 3 atom stereocenters. The highest BCUT2D eigenvalue weighted by atomic mass is 16.1. The second kappa shape index (κ2) is 6.39. The Bertz CT molecular complexity index is 1390. The Hall–Kier alpha value is -3.25. The summed E-state index contributed by atoms with van der Waals surface area (Å²) in [7, 11) is 0. The molecule has 4 heterocycles. The lowest BCUT2D eigenvalue weighted by Crippen LogP contribution is -2.34. The highest BCUT2D eigenvalue weighted by Crippen LogP contribution is 2.48. The normalized spacial score (nSPS) is 25.9. The van der Waals surface area contributed by atoms with Crippen LogP contribution in [0.1, 0.15) is 42.0 Å². The molecule has 3 aromatic rings. The molecule has 2 fully saturated rings. The number of fused-ring (bicyclic) bond motifs is 5. The van der Waals surface area contributed by atoms with Crippen molar-refractivity contribution in [1.29, 1.82) is 0 Å². The van der Waals surface area contributed by atoms with Crippen LogP contribution in [-0.2, 0) is 4.79 Å². The predicted molar refractivity (Wildman–Crippen MR) is 127 cm³/mol. The van der Waals surface area contributed by atoms with E-state index in [1.165, 1.54) is 17.7 Å². The van der Waals surface area contributed by atoms with Gasteiger partial charge in [-0.05, 0) is 55.5 Å². The standard InChI is InChI=1S/C26H25N5O.H2/c1-14-12-30-13-23(29-26(30)15(2)28-14)22-7-16-3-4-18(8-19(16)20-9-21(20)25(22)32)31-6-5-17-10-27-11-24(17)31;/h3-4,7-9,12-13,17,20,24,27H,5-6,10-11H2,1-2H3;1H/t17-,20?,24+;/m0./s1. The van der Waals surface area contributed by atoms with Crippen molar-refractivity contribution in [3.05, 3.63) is 70.5 Å². The minimum absolute atomic E-state index is 0. The van der Waals surface area contributed by atoms with Gasteiger partial charge in [-0.15, -0.1) is 0 Å². The van der Waals surface area contributed by atoms with E-state index in [2.05, 4.69) is 39.5 Å². The molecule has 2 aliphatic heterocycles. The second-order valence-electron chi connectivity index (χ2n) is 9.59. The van der Waals surface area contributed by atoms with E-state index >= 15 is 0 Å². The van der Waals surface area contributed by atoms with Crippen molar-refractivity contribution in [3.8, 4) is 0 Å². The summed E-state index contributed by atoms with van der Waals surface area (Å²) in [6.45, 7) is 7.25. The largest absolute Gasteiger partial charge is 0.367 e. The van der Waals surface area contributed by atoms with Gasteiger partial charge in [0.2, 0.25) is 0 Å². The molecule has 6 nitrogen and oxygen atoms in total. The number of nitrogens with zero attached hydrogens (tertiary/aromatic N) is 4. The van der Waals surface area contributed by atoms with Gasteiger partial charge >= 0.3 is 0 Å². The first-order chi connectivity index (χ1) is 15.6. The van der Waals surface area contributed by atoms with Crippen LogP contribution < -0.4 is 10.2 Å². The van der Waals surface area contributed by atoms with Crippen LogP contribution in [0.4, 0.5) is 5.69 Å². The van der Waals surface area contributed by atoms with Crippen LogP contribution in [0.2, 0.25) is 0 Å².